The molecular weight excluding hydrogens is 352 g/mol. The Kier molecular flexibility index (Phi) is 6.16. The molecule has 1 aliphatic carbocycles. The number of pyridine rings is 1. The molecule has 3 rings (SSSR count). The number of carbonyl (C=O) groups is 1. The van der Waals surface area contributed by atoms with E-state index < -0.39 is 5.97 Å². The van der Waals surface area contributed by atoms with E-state index in [1.54, 1.807) is 0 Å². The number of hydrogen-bond donors (Lipinski definition) is 2. The van der Waals surface area contributed by atoms with Crippen LogP contribution in [0.2, 0.25) is 0 Å². The molecule has 0 radical (unpaired) electrons. The van der Waals surface area contributed by atoms with E-state index in [1.165, 1.54) is 0 Å². The molecule has 1 fully saturated rings. The SMILES string of the molecule is CC(N[C@@H]1C[C@H](OC(C)(C)C)[C@H]1CC(=O)O)c1ccc(-c2ccccc2)cn1. The third kappa shape index (κ3) is 5.18. The lowest BCUT2D eigenvalue weighted by molar-refractivity contribution is -0.158. The molecule has 0 spiro atoms. The van der Waals surface area contributed by atoms with E-state index in [2.05, 4.69) is 35.4 Å². The summed E-state index contributed by atoms with van der Waals surface area (Å²) < 4.78 is 6.05. The summed E-state index contributed by atoms with van der Waals surface area (Å²) in [5.41, 5.74) is 2.91. The summed E-state index contributed by atoms with van der Waals surface area (Å²) in [5, 5.41) is 12.8. The number of rotatable bonds is 7. The van der Waals surface area contributed by atoms with Crippen molar-refractivity contribution in [1.82, 2.24) is 10.3 Å². The first-order chi connectivity index (χ1) is 13.2. The minimum absolute atomic E-state index is 0.0192. The van der Waals surface area contributed by atoms with Crippen LogP contribution in [0.25, 0.3) is 11.1 Å². The van der Waals surface area contributed by atoms with Gasteiger partial charge in [0.25, 0.3) is 0 Å². The zero-order valence-electron chi connectivity index (χ0n) is 17.1. The lowest BCUT2D eigenvalue weighted by Crippen LogP contribution is -2.57. The highest BCUT2D eigenvalue weighted by molar-refractivity contribution is 5.67. The summed E-state index contributed by atoms with van der Waals surface area (Å²) >= 11 is 0. The van der Waals surface area contributed by atoms with Gasteiger partial charge in [-0.3, -0.25) is 9.78 Å². The number of aliphatic carboxylic acids is 1. The highest BCUT2D eigenvalue weighted by Gasteiger charge is 2.45. The molecule has 2 aromatic rings. The zero-order valence-corrected chi connectivity index (χ0v) is 17.1. The van der Waals surface area contributed by atoms with Gasteiger partial charge in [-0.25, -0.2) is 0 Å². The zero-order chi connectivity index (χ0) is 20.3. The number of nitrogens with one attached hydrogen (secondary N) is 1. The Labute approximate surface area is 167 Å². The molecule has 1 aromatic carbocycles. The number of ether oxygens (including phenoxy) is 1. The van der Waals surface area contributed by atoms with Gasteiger partial charge in [0.1, 0.15) is 0 Å². The van der Waals surface area contributed by atoms with Crippen LogP contribution in [-0.4, -0.2) is 33.8 Å². The number of aromatic nitrogens is 1. The number of hydrogen-bond acceptors (Lipinski definition) is 4. The van der Waals surface area contributed by atoms with Crippen LogP contribution in [-0.2, 0) is 9.53 Å². The molecule has 1 saturated carbocycles. The van der Waals surface area contributed by atoms with Crippen LogP contribution in [0.15, 0.2) is 48.7 Å². The van der Waals surface area contributed by atoms with Crippen LogP contribution in [0, 0.1) is 5.92 Å². The van der Waals surface area contributed by atoms with Gasteiger partial charge in [0.05, 0.1) is 23.8 Å². The molecular formula is C23H30N2O3. The quantitative estimate of drug-likeness (QED) is 0.740. The summed E-state index contributed by atoms with van der Waals surface area (Å²) in [6.45, 7) is 8.09. The van der Waals surface area contributed by atoms with Gasteiger partial charge in [-0.2, -0.15) is 0 Å². The molecule has 1 aliphatic rings. The van der Waals surface area contributed by atoms with Crippen LogP contribution in [0.4, 0.5) is 0 Å². The molecule has 0 amide bonds. The number of benzene rings is 1. The smallest absolute Gasteiger partial charge is 0.303 e. The Balaban J connectivity index is 1.63. The van der Waals surface area contributed by atoms with Crippen LogP contribution in [0.5, 0.6) is 0 Å². The summed E-state index contributed by atoms with van der Waals surface area (Å²) in [6, 6.07) is 14.4. The first kappa shape index (κ1) is 20.5. The Bertz CT molecular complexity index is 784. The number of carboxylic acid groups (broad SMARTS) is 1. The predicted molar refractivity (Wildman–Crippen MR) is 110 cm³/mol. The molecule has 0 aliphatic heterocycles. The van der Waals surface area contributed by atoms with Crippen molar-refractivity contribution in [3.8, 4) is 11.1 Å². The van der Waals surface area contributed by atoms with E-state index in [1.807, 2.05) is 51.2 Å². The summed E-state index contributed by atoms with van der Waals surface area (Å²) in [6.07, 6.45) is 2.81. The predicted octanol–water partition coefficient (Wildman–Crippen LogP) is 4.45. The second-order valence-corrected chi connectivity index (χ2v) is 8.60. The third-order valence-electron chi connectivity index (χ3n) is 5.20. The van der Waals surface area contributed by atoms with Crippen molar-refractivity contribution in [2.24, 2.45) is 5.92 Å². The minimum Gasteiger partial charge on any atom is -0.481 e. The second kappa shape index (κ2) is 8.41. The topological polar surface area (TPSA) is 71.5 Å². The fourth-order valence-corrected chi connectivity index (χ4v) is 3.79. The molecule has 150 valence electrons. The maximum atomic E-state index is 11.3. The number of carboxylic acids is 1. The van der Waals surface area contributed by atoms with Crippen LogP contribution in [0.3, 0.4) is 0 Å². The molecule has 4 atom stereocenters. The first-order valence-electron chi connectivity index (χ1n) is 9.90. The van der Waals surface area contributed by atoms with Gasteiger partial charge >= 0.3 is 5.97 Å². The average Bonchev–Trinajstić information content (AvgIpc) is 2.65. The molecule has 5 nitrogen and oxygen atoms in total. The largest absolute Gasteiger partial charge is 0.481 e. The van der Waals surface area contributed by atoms with E-state index in [9.17, 15) is 9.90 Å². The van der Waals surface area contributed by atoms with Gasteiger partial charge in [0.2, 0.25) is 0 Å². The van der Waals surface area contributed by atoms with Crippen molar-refractivity contribution in [2.45, 2.75) is 64.3 Å². The Morgan fingerprint density at radius 3 is 2.50 bits per heavy atom. The van der Waals surface area contributed by atoms with Crippen molar-refractivity contribution in [2.75, 3.05) is 0 Å². The van der Waals surface area contributed by atoms with Gasteiger partial charge in [-0.05, 0) is 45.7 Å². The van der Waals surface area contributed by atoms with E-state index in [0.29, 0.717) is 0 Å². The molecule has 1 unspecified atom stereocenters. The molecule has 0 bridgehead atoms. The van der Waals surface area contributed by atoms with Gasteiger partial charge < -0.3 is 15.2 Å². The van der Waals surface area contributed by atoms with Crippen LogP contribution in [0.1, 0.15) is 52.3 Å². The Hall–Kier alpha value is -2.24. The average molecular weight is 383 g/mol. The van der Waals surface area contributed by atoms with Crippen molar-refractivity contribution >= 4 is 5.97 Å². The molecule has 2 N–H and O–H groups in total. The lowest BCUT2D eigenvalue weighted by atomic mass is 9.73. The van der Waals surface area contributed by atoms with E-state index in [0.717, 1.165) is 23.2 Å². The van der Waals surface area contributed by atoms with Gasteiger partial charge in [0.15, 0.2) is 0 Å². The molecule has 1 aromatic heterocycles. The molecule has 0 saturated heterocycles. The third-order valence-corrected chi connectivity index (χ3v) is 5.20. The Morgan fingerprint density at radius 2 is 1.93 bits per heavy atom. The van der Waals surface area contributed by atoms with Crippen molar-refractivity contribution in [3.63, 3.8) is 0 Å². The second-order valence-electron chi connectivity index (χ2n) is 8.60. The minimum atomic E-state index is -0.781. The first-order valence-corrected chi connectivity index (χ1v) is 9.90. The van der Waals surface area contributed by atoms with E-state index in [-0.39, 0.29) is 36.1 Å². The Morgan fingerprint density at radius 1 is 1.21 bits per heavy atom. The van der Waals surface area contributed by atoms with Crippen LogP contribution >= 0.6 is 0 Å². The highest BCUT2D eigenvalue weighted by Crippen LogP contribution is 2.37. The van der Waals surface area contributed by atoms with Crippen molar-refractivity contribution in [1.29, 1.82) is 0 Å². The highest BCUT2D eigenvalue weighted by atomic mass is 16.5. The van der Waals surface area contributed by atoms with Crippen molar-refractivity contribution in [3.05, 3.63) is 54.4 Å². The summed E-state index contributed by atoms with van der Waals surface area (Å²) in [4.78, 5) is 15.9. The van der Waals surface area contributed by atoms with E-state index in [4.69, 9.17) is 4.74 Å². The van der Waals surface area contributed by atoms with Gasteiger partial charge in [-0.1, -0.05) is 36.4 Å². The lowest BCUT2D eigenvalue weighted by Gasteiger charge is -2.47. The summed E-state index contributed by atoms with van der Waals surface area (Å²) in [7, 11) is 0. The number of nitrogens with zero attached hydrogens (tertiary/aromatic N) is 1. The monoisotopic (exact) mass is 382 g/mol. The summed E-state index contributed by atoms with van der Waals surface area (Å²) in [5.74, 6) is -0.806. The molecule has 5 heteroatoms. The van der Waals surface area contributed by atoms with Crippen LogP contribution < -0.4 is 5.32 Å². The van der Waals surface area contributed by atoms with E-state index >= 15 is 0 Å². The standard InChI is InChI=1S/C23H30N2O3/c1-15(19-11-10-17(14-24-19)16-8-6-5-7-9-16)25-20-13-21(28-23(2,3)4)18(20)12-22(26)27/h5-11,14-15,18,20-21,25H,12-13H2,1-4H3,(H,26,27)/t15?,18-,20+,21-/m0/s1. The maximum Gasteiger partial charge on any atom is 0.303 e. The maximum absolute atomic E-state index is 11.3. The molecule has 1 heterocycles. The molecule has 28 heavy (non-hydrogen) atoms. The van der Waals surface area contributed by atoms with Crippen molar-refractivity contribution < 1.29 is 14.6 Å². The fraction of sp³-hybridized carbons (Fsp3) is 0.478. The van der Waals surface area contributed by atoms with Gasteiger partial charge in [-0.15, -0.1) is 0 Å². The fourth-order valence-electron chi connectivity index (χ4n) is 3.79. The van der Waals surface area contributed by atoms with Gasteiger partial charge in [0, 0.05) is 29.8 Å². The normalized spacial score (nSPS) is 23.1.